The lowest BCUT2D eigenvalue weighted by Crippen LogP contribution is -2.28. The summed E-state index contributed by atoms with van der Waals surface area (Å²) in [4.78, 5) is 27.8. The number of urea groups is 1. The number of hydrogen-bond acceptors (Lipinski definition) is 6. The molecule has 4 aromatic rings. The number of anilines is 1. The lowest BCUT2D eigenvalue weighted by molar-refractivity contribution is 0.252. The minimum Gasteiger partial charge on any atom is -0.338 e. The van der Waals surface area contributed by atoms with Gasteiger partial charge in [0.1, 0.15) is 10.7 Å². The first-order chi connectivity index (χ1) is 15.0. The number of hydrogen-bond donors (Lipinski definition) is 2. The topological polar surface area (TPSA) is 87.5 Å². The Hall–Kier alpha value is -3.30. The number of amides is 2. The molecule has 0 saturated carbocycles. The van der Waals surface area contributed by atoms with Crippen molar-refractivity contribution in [3.8, 4) is 21.8 Å². The predicted octanol–water partition coefficient (Wildman–Crippen LogP) is 3.77. The highest BCUT2D eigenvalue weighted by molar-refractivity contribution is 7.13. The van der Waals surface area contributed by atoms with Gasteiger partial charge in [-0.25, -0.2) is 14.8 Å². The van der Waals surface area contributed by atoms with Gasteiger partial charge in [0.2, 0.25) is 0 Å². The van der Waals surface area contributed by atoms with E-state index in [1.807, 2.05) is 41.9 Å². The minimum absolute atomic E-state index is 0.278. The number of aromatic nitrogens is 4. The van der Waals surface area contributed by atoms with E-state index < -0.39 is 0 Å². The Morgan fingerprint density at radius 1 is 1.23 bits per heavy atom. The molecule has 0 saturated heterocycles. The molecular weight excluding hydrogens is 410 g/mol. The minimum atomic E-state index is -0.278. The third-order valence-corrected chi connectivity index (χ3v) is 5.64. The molecule has 0 unspecified atom stereocenters. The number of rotatable bonds is 7. The van der Waals surface area contributed by atoms with Crippen LogP contribution in [0.5, 0.6) is 0 Å². The first kappa shape index (κ1) is 21.0. The number of carbonyl (C=O) groups excluding carboxylic acids is 1. The fourth-order valence-corrected chi connectivity index (χ4v) is 4.08. The molecule has 0 aliphatic heterocycles. The molecule has 31 heavy (non-hydrogen) atoms. The number of pyridine rings is 2. The Kier molecular flexibility index (Phi) is 6.24. The maximum atomic E-state index is 12.0. The third kappa shape index (κ3) is 4.89. The van der Waals surface area contributed by atoms with Crippen LogP contribution in [0.25, 0.3) is 27.5 Å². The molecule has 9 heteroatoms. The van der Waals surface area contributed by atoms with Crippen LogP contribution >= 0.6 is 11.3 Å². The molecule has 0 aliphatic rings. The molecule has 4 aromatic heterocycles. The lowest BCUT2D eigenvalue weighted by atomic mass is 10.1. The van der Waals surface area contributed by atoms with Gasteiger partial charge in [-0.05, 0) is 44.8 Å². The maximum absolute atomic E-state index is 12.0. The summed E-state index contributed by atoms with van der Waals surface area (Å²) >= 11 is 1.61. The second-order valence-electron chi connectivity index (χ2n) is 7.41. The highest BCUT2D eigenvalue weighted by atomic mass is 32.1. The monoisotopic (exact) mass is 435 g/mol. The summed E-state index contributed by atoms with van der Waals surface area (Å²) in [6, 6.07) is 7.74. The quantitative estimate of drug-likeness (QED) is 0.461. The Balaban J connectivity index is 1.77. The third-order valence-electron chi connectivity index (χ3n) is 4.73. The average Bonchev–Trinajstić information content (AvgIpc) is 3.38. The fourth-order valence-electron chi connectivity index (χ4n) is 3.21. The molecule has 4 heterocycles. The van der Waals surface area contributed by atoms with Gasteiger partial charge < -0.3 is 10.2 Å². The maximum Gasteiger partial charge on any atom is 0.320 e. The van der Waals surface area contributed by atoms with Gasteiger partial charge in [0, 0.05) is 42.8 Å². The largest absolute Gasteiger partial charge is 0.338 e. The second-order valence-corrected chi connectivity index (χ2v) is 8.27. The van der Waals surface area contributed by atoms with Crippen LogP contribution in [-0.2, 0) is 6.42 Å². The number of imidazole rings is 1. The molecular formula is C22H25N7OS. The van der Waals surface area contributed by atoms with Gasteiger partial charge in [0.25, 0.3) is 0 Å². The van der Waals surface area contributed by atoms with E-state index in [0.717, 1.165) is 46.1 Å². The van der Waals surface area contributed by atoms with Crippen molar-refractivity contribution in [2.24, 2.45) is 0 Å². The second kappa shape index (κ2) is 9.23. The van der Waals surface area contributed by atoms with E-state index in [-0.39, 0.29) is 6.03 Å². The van der Waals surface area contributed by atoms with Crippen molar-refractivity contribution in [1.29, 1.82) is 0 Å². The SMILES string of the molecule is CCNC(=O)Nc1cn2c(-c3nc(CCN(C)C)cs3)cc(-c3cccnc3)cc2n1. The lowest BCUT2D eigenvalue weighted by Gasteiger charge is -2.08. The normalized spacial score (nSPS) is 11.2. The van der Waals surface area contributed by atoms with Crippen molar-refractivity contribution < 1.29 is 4.79 Å². The first-order valence-corrected chi connectivity index (χ1v) is 11.0. The van der Waals surface area contributed by atoms with E-state index in [2.05, 4.69) is 51.0 Å². The molecule has 0 aliphatic carbocycles. The van der Waals surface area contributed by atoms with Gasteiger partial charge in [0.05, 0.1) is 17.6 Å². The van der Waals surface area contributed by atoms with E-state index in [0.29, 0.717) is 12.4 Å². The average molecular weight is 436 g/mol. The molecule has 0 fully saturated rings. The molecule has 0 radical (unpaired) electrons. The van der Waals surface area contributed by atoms with E-state index in [1.54, 1.807) is 17.5 Å². The van der Waals surface area contributed by atoms with Crippen LogP contribution in [0.2, 0.25) is 0 Å². The van der Waals surface area contributed by atoms with Crippen LogP contribution in [0.1, 0.15) is 12.6 Å². The zero-order valence-corrected chi connectivity index (χ0v) is 18.6. The standard InChI is InChI=1S/C22H25N7OS/c1-4-24-22(30)27-19-13-29-18(21-25-17(14-31-21)7-9-28(2)3)10-16(11-20(29)26-19)15-6-5-8-23-12-15/h5-6,8,10-14H,4,7,9H2,1-3H3,(H2,24,27,30). The Bertz CT molecular complexity index is 1180. The fraction of sp³-hybridized carbons (Fsp3) is 0.273. The molecule has 4 rings (SSSR count). The van der Waals surface area contributed by atoms with Crippen molar-refractivity contribution in [3.63, 3.8) is 0 Å². The number of carbonyl (C=O) groups is 1. The molecule has 2 amide bonds. The summed E-state index contributed by atoms with van der Waals surface area (Å²) in [5, 5.41) is 8.53. The van der Waals surface area contributed by atoms with Gasteiger partial charge in [-0.2, -0.15) is 0 Å². The van der Waals surface area contributed by atoms with E-state index in [1.165, 1.54) is 0 Å². The molecule has 0 atom stereocenters. The van der Waals surface area contributed by atoms with Gasteiger partial charge in [-0.1, -0.05) is 6.07 Å². The number of likely N-dealkylation sites (N-methyl/N-ethyl adjacent to an activating group) is 1. The van der Waals surface area contributed by atoms with Gasteiger partial charge >= 0.3 is 6.03 Å². The van der Waals surface area contributed by atoms with Crippen LogP contribution in [0, 0.1) is 0 Å². The van der Waals surface area contributed by atoms with E-state index in [4.69, 9.17) is 4.98 Å². The molecule has 2 N–H and O–H groups in total. The summed E-state index contributed by atoms with van der Waals surface area (Å²) in [5.41, 5.74) is 4.71. The molecule has 8 nitrogen and oxygen atoms in total. The Morgan fingerprint density at radius 2 is 2.10 bits per heavy atom. The van der Waals surface area contributed by atoms with Crippen LogP contribution in [-0.4, -0.2) is 57.5 Å². The van der Waals surface area contributed by atoms with Crippen LogP contribution in [0.4, 0.5) is 10.6 Å². The highest BCUT2D eigenvalue weighted by Gasteiger charge is 2.15. The summed E-state index contributed by atoms with van der Waals surface area (Å²) in [5.74, 6) is 0.486. The van der Waals surface area contributed by atoms with Gasteiger partial charge in [0.15, 0.2) is 5.82 Å². The molecule has 160 valence electrons. The van der Waals surface area contributed by atoms with Crippen LogP contribution < -0.4 is 10.6 Å². The summed E-state index contributed by atoms with van der Waals surface area (Å²) in [7, 11) is 4.12. The summed E-state index contributed by atoms with van der Waals surface area (Å²) < 4.78 is 1.97. The predicted molar refractivity (Wildman–Crippen MR) is 124 cm³/mol. The van der Waals surface area contributed by atoms with E-state index >= 15 is 0 Å². The zero-order valence-electron chi connectivity index (χ0n) is 17.8. The van der Waals surface area contributed by atoms with Crippen molar-refractivity contribution in [2.45, 2.75) is 13.3 Å². The van der Waals surface area contributed by atoms with Crippen molar-refractivity contribution >= 4 is 28.8 Å². The summed E-state index contributed by atoms with van der Waals surface area (Å²) in [6.07, 6.45) is 6.30. The highest BCUT2D eigenvalue weighted by Crippen LogP contribution is 2.31. The zero-order chi connectivity index (χ0) is 21.8. The van der Waals surface area contributed by atoms with Gasteiger partial charge in [-0.15, -0.1) is 11.3 Å². The van der Waals surface area contributed by atoms with Crippen molar-refractivity contribution in [1.82, 2.24) is 29.6 Å². The van der Waals surface area contributed by atoms with Gasteiger partial charge in [-0.3, -0.25) is 14.7 Å². The number of thiazole rings is 1. The molecule has 0 spiro atoms. The molecule has 0 bridgehead atoms. The number of nitrogens with zero attached hydrogens (tertiary/aromatic N) is 5. The Labute approximate surface area is 185 Å². The van der Waals surface area contributed by atoms with Crippen molar-refractivity contribution in [2.75, 3.05) is 32.5 Å². The molecule has 0 aromatic carbocycles. The van der Waals surface area contributed by atoms with Crippen LogP contribution in [0.15, 0.2) is 48.2 Å². The Morgan fingerprint density at radius 3 is 2.84 bits per heavy atom. The number of fused-ring (bicyclic) bond motifs is 1. The van der Waals surface area contributed by atoms with E-state index in [9.17, 15) is 4.79 Å². The van der Waals surface area contributed by atoms with Crippen molar-refractivity contribution in [3.05, 3.63) is 53.9 Å². The number of nitrogens with one attached hydrogen (secondary N) is 2. The smallest absolute Gasteiger partial charge is 0.320 e. The van der Waals surface area contributed by atoms with Crippen LogP contribution in [0.3, 0.4) is 0 Å². The summed E-state index contributed by atoms with van der Waals surface area (Å²) in [6.45, 7) is 3.36. The first-order valence-electron chi connectivity index (χ1n) is 10.1.